The summed E-state index contributed by atoms with van der Waals surface area (Å²) in [5.41, 5.74) is 2.14. The zero-order valence-corrected chi connectivity index (χ0v) is 13.6. The van der Waals surface area contributed by atoms with Gasteiger partial charge >= 0.3 is 0 Å². The Balaban J connectivity index is 1.66. The molecule has 4 bridgehead atoms. The van der Waals surface area contributed by atoms with Crippen molar-refractivity contribution in [2.75, 3.05) is 6.54 Å². The lowest BCUT2D eigenvalue weighted by atomic mass is 9.48. The van der Waals surface area contributed by atoms with E-state index in [4.69, 9.17) is 0 Å². The third-order valence-electron chi connectivity index (χ3n) is 6.37. The Morgan fingerprint density at radius 1 is 1.10 bits per heavy atom. The number of rotatable bonds is 7. The van der Waals surface area contributed by atoms with Gasteiger partial charge in [0.2, 0.25) is 0 Å². The summed E-state index contributed by atoms with van der Waals surface area (Å²) in [5, 5.41) is 3.76. The first-order chi connectivity index (χ1) is 9.62. The molecule has 0 spiro atoms. The molecule has 1 heteroatoms. The van der Waals surface area contributed by atoms with Gasteiger partial charge in [-0.3, -0.25) is 0 Å². The van der Waals surface area contributed by atoms with Gasteiger partial charge in [0.25, 0.3) is 0 Å². The van der Waals surface area contributed by atoms with Gasteiger partial charge < -0.3 is 5.32 Å². The zero-order chi connectivity index (χ0) is 14.2. The van der Waals surface area contributed by atoms with Crippen LogP contribution in [0.25, 0.3) is 0 Å². The first-order valence-electron chi connectivity index (χ1n) is 9.02. The molecule has 0 radical (unpaired) electrons. The van der Waals surface area contributed by atoms with E-state index in [2.05, 4.69) is 25.7 Å². The Morgan fingerprint density at radius 3 is 2.10 bits per heavy atom. The molecule has 1 nitrogen and oxygen atoms in total. The average Bonchev–Trinajstić information content (AvgIpc) is 2.36. The van der Waals surface area contributed by atoms with Crippen LogP contribution in [0.4, 0.5) is 0 Å². The van der Waals surface area contributed by atoms with Crippen LogP contribution in [-0.2, 0) is 0 Å². The van der Waals surface area contributed by atoms with Crippen LogP contribution in [0, 0.1) is 23.2 Å². The van der Waals surface area contributed by atoms with Crippen LogP contribution in [-0.4, -0.2) is 12.6 Å². The Morgan fingerprint density at radius 2 is 1.65 bits per heavy atom. The maximum atomic E-state index is 4.25. The fraction of sp³-hybridized carbons (Fsp3) is 0.895. The molecule has 0 aromatic carbocycles. The molecular weight excluding hydrogens is 242 g/mol. The summed E-state index contributed by atoms with van der Waals surface area (Å²) in [6.45, 7) is 9.85. The maximum Gasteiger partial charge on any atom is 0.0109 e. The zero-order valence-electron chi connectivity index (χ0n) is 13.6. The molecule has 4 saturated carbocycles. The normalized spacial score (nSPS) is 40.0. The molecule has 1 atom stereocenters. The van der Waals surface area contributed by atoms with E-state index in [1.807, 2.05) is 0 Å². The lowest BCUT2D eigenvalue weighted by molar-refractivity contribution is -0.0619. The fourth-order valence-corrected chi connectivity index (χ4v) is 6.06. The minimum absolute atomic E-state index is 0.684. The summed E-state index contributed by atoms with van der Waals surface area (Å²) >= 11 is 0. The van der Waals surface area contributed by atoms with Crippen LogP contribution >= 0.6 is 0 Å². The highest BCUT2D eigenvalue weighted by Crippen LogP contribution is 2.61. The average molecular weight is 275 g/mol. The topological polar surface area (TPSA) is 12.0 Å². The molecule has 1 N–H and O–H groups in total. The molecule has 0 heterocycles. The summed E-state index contributed by atoms with van der Waals surface area (Å²) < 4.78 is 0. The highest BCUT2D eigenvalue weighted by Gasteiger charge is 2.51. The summed E-state index contributed by atoms with van der Waals surface area (Å²) in [5.74, 6) is 3.24. The van der Waals surface area contributed by atoms with Crippen molar-refractivity contribution in [3.8, 4) is 0 Å². The Kier molecular flexibility index (Phi) is 4.26. The lowest BCUT2D eigenvalue weighted by Crippen LogP contribution is -2.49. The Labute approximate surface area is 125 Å². The minimum Gasteiger partial charge on any atom is -0.314 e. The number of hydrogen-bond acceptors (Lipinski definition) is 1. The van der Waals surface area contributed by atoms with Crippen molar-refractivity contribution in [3.05, 3.63) is 12.2 Å². The smallest absolute Gasteiger partial charge is 0.0109 e. The molecule has 0 aromatic rings. The summed E-state index contributed by atoms with van der Waals surface area (Å²) in [7, 11) is 0. The second-order valence-corrected chi connectivity index (χ2v) is 8.18. The third-order valence-corrected chi connectivity index (χ3v) is 6.37. The van der Waals surface area contributed by atoms with Gasteiger partial charge in [0.1, 0.15) is 0 Å². The minimum atomic E-state index is 0.684. The molecule has 4 rings (SSSR count). The van der Waals surface area contributed by atoms with Crippen LogP contribution in [0.5, 0.6) is 0 Å². The van der Waals surface area contributed by atoms with Crippen molar-refractivity contribution in [2.24, 2.45) is 23.2 Å². The maximum absolute atomic E-state index is 4.25. The molecule has 0 amide bonds. The standard InChI is InChI=1S/C19H33N/c1-4-14(3)6-18(20-5-2)13-19-10-15-7-16(11-19)9-17(8-15)12-19/h15-18,20H,3-13H2,1-2H3. The van der Waals surface area contributed by atoms with E-state index in [0.717, 1.165) is 30.7 Å². The van der Waals surface area contributed by atoms with Gasteiger partial charge in [0.15, 0.2) is 0 Å². The highest BCUT2D eigenvalue weighted by atomic mass is 14.9. The van der Waals surface area contributed by atoms with E-state index in [0.29, 0.717) is 11.5 Å². The van der Waals surface area contributed by atoms with E-state index in [1.165, 1.54) is 18.4 Å². The monoisotopic (exact) mass is 275 g/mol. The summed E-state index contributed by atoms with van der Waals surface area (Å²) in [6.07, 6.45) is 13.1. The van der Waals surface area contributed by atoms with E-state index < -0.39 is 0 Å². The predicted molar refractivity (Wildman–Crippen MR) is 86.7 cm³/mol. The van der Waals surface area contributed by atoms with Crippen molar-refractivity contribution >= 4 is 0 Å². The molecule has 0 aromatic heterocycles. The molecule has 4 fully saturated rings. The van der Waals surface area contributed by atoms with Gasteiger partial charge in [-0.05, 0) is 87.5 Å². The molecule has 1 unspecified atom stereocenters. The second kappa shape index (κ2) is 5.83. The quantitative estimate of drug-likeness (QED) is 0.650. The Bertz CT molecular complexity index is 321. The van der Waals surface area contributed by atoms with E-state index in [9.17, 15) is 0 Å². The van der Waals surface area contributed by atoms with Gasteiger partial charge in [0, 0.05) is 6.04 Å². The van der Waals surface area contributed by atoms with Crippen molar-refractivity contribution in [2.45, 2.75) is 77.7 Å². The van der Waals surface area contributed by atoms with Crippen LogP contribution in [0.1, 0.15) is 71.6 Å². The molecule has 0 saturated heterocycles. The van der Waals surface area contributed by atoms with Crippen LogP contribution in [0.15, 0.2) is 12.2 Å². The second-order valence-electron chi connectivity index (χ2n) is 8.18. The lowest BCUT2D eigenvalue weighted by Gasteiger charge is -2.57. The third kappa shape index (κ3) is 2.98. The Hall–Kier alpha value is -0.300. The molecule has 4 aliphatic carbocycles. The predicted octanol–water partition coefficient (Wildman–Crippen LogP) is 4.93. The van der Waals surface area contributed by atoms with Crippen LogP contribution in [0.2, 0.25) is 0 Å². The summed E-state index contributed by atoms with van der Waals surface area (Å²) in [4.78, 5) is 0. The largest absolute Gasteiger partial charge is 0.314 e. The molecule has 4 aliphatic rings. The molecule has 0 aliphatic heterocycles. The van der Waals surface area contributed by atoms with Gasteiger partial charge in [-0.2, -0.15) is 0 Å². The van der Waals surface area contributed by atoms with Gasteiger partial charge in [-0.15, -0.1) is 0 Å². The summed E-state index contributed by atoms with van der Waals surface area (Å²) in [6, 6.07) is 0.684. The van der Waals surface area contributed by atoms with Gasteiger partial charge in [-0.1, -0.05) is 26.0 Å². The van der Waals surface area contributed by atoms with Gasteiger partial charge in [0.05, 0.1) is 0 Å². The first-order valence-corrected chi connectivity index (χ1v) is 9.02. The first kappa shape index (κ1) is 14.6. The van der Waals surface area contributed by atoms with E-state index in [-0.39, 0.29) is 0 Å². The highest BCUT2D eigenvalue weighted by molar-refractivity contribution is 5.05. The van der Waals surface area contributed by atoms with Crippen LogP contribution in [0.3, 0.4) is 0 Å². The van der Waals surface area contributed by atoms with E-state index in [1.54, 1.807) is 38.5 Å². The number of nitrogens with one attached hydrogen (secondary N) is 1. The molecule has 20 heavy (non-hydrogen) atoms. The van der Waals surface area contributed by atoms with Crippen molar-refractivity contribution < 1.29 is 0 Å². The molecule has 114 valence electrons. The van der Waals surface area contributed by atoms with Crippen LogP contribution < -0.4 is 5.32 Å². The SMILES string of the molecule is C=C(CC)CC(CC12CC3CC(CC(C3)C1)C2)NCC. The van der Waals surface area contributed by atoms with E-state index >= 15 is 0 Å². The fourth-order valence-electron chi connectivity index (χ4n) is 6.06. The van der Waals surface area contributed by atoms with Crippen molar-refractivity contribution in [3.63, 3.8) is 0 Å². The van der Waals surface area contributed by atoms with Gasteiger partial charge in [-0.25, -0.2) is 0 Å². The van der Waals surface area contributed by atoms with Crippen molar-refractivity contribution in [1.82, 2.24) is 5.32 Å². The molecular formula is C19H33N. The number of hydrogen-bond donors (Lipinski definition) is 1. The van der Waals surface area contributed by atoms with Crippen molar-refractivity contribution in [1.29, 1.82) is 0 Å².